The van der Waals surface area contributed by atoms with E-state index in [4.69, 9.17) is 23.2 Å². The summed E-state index contributed by atoms with van der Waals surface area (Å²) in [4.78, 5) is 0. The van der Waals surface area contributed by atoms with Crippen molar-refractivity contribution in [1.29, 1.82) is 0 Å². The fraction of sp³-hybridized carbons (Fsp3) is 0.294. The van der Waals surface area contributed by atoms with E-state index in [1.165, 1.54) is 0 Å². The van der Waals surface area contributed by atoms with Crippen molar-refractivity contribution in [2.24, 2.45) is 0 Å². The monoisotopic (exact) mass is 325 g/mol. The van der Waals surface area contributed by atoms with Crippen molar-refractivity contribution in [3.8, 4) is 0 Å². The first-order valence-corrected chi connectivity index (χ1v) is 7.79. The molecule has 2 rings (SSSR count). The number of halogens is 3. The van der Waals surface area contributed by atoms with Crippen LogP contribution in [-0.4, -0.2) is 6.54 Å². The molecule has 0 aromatic heterocycles. The lowest BCUT2D eigenvalue weighted by Gasteiger charge is -2.20. The molecule has 0 bridgehead atoms. The van der Waals surface area contributed by atoms with Gasteiger partial charge >= 0.3 is 0 Å². The Labute approximate surface area is 135 Å². The van der Waals surface area contributed by atoms with Gasteiger partial charge in [-0.05, 0) is 43.1 Å². The van der Waals surface area contributed by atoms with E-state index in [9.17, 15) is 4.39 Å². The molecule has 0 fully saturated rings. The molecule has 0 aliphatic heterocycles. The van der Waals surface area contributed by atoms with Gasteiger partial charge in [0.25, 0.3) is 0 Å². The van der Waals surface area contributed by atoms with Crippen LogP contribution < -0.4 is 5.32 Å². The van der Waals surface area contributed by atoms with E-state index >= 15 is 0 Å². The predicted molar refractivity (Wildman–Crippen MR) is 87.6 cm³/mol. The number of rotatable bonds is 6. The highest BCUT2D eigenvalue weighted by molar-refractivity contribution is 6.31. The molecule has 1 atom stereocenters. The Morgan fingerprint density at radius 3 is 2.62 bits per heavy atom. The third kappa shape index (κ3) is 4.44. The summed E-state index contributed by atoms with van der Waals surface area (Å²) >= 11 is 11.9. The van der Waals surface area contributed by atoms with Crippen molar-refractivity contribution < 1.29 is 4.39 Å². The van der Waals surface area contributed by atoms with Crippen molar-refractivity contribution in [2.75, 3.05) is 6.54 Å². The van der Waals surface area contributed by atoms with Crippen LogP contribution in [0.1, 0.15) is 30.5 Å². The molecule has 2 aromatic carbocycles. The standard InChI is InChI=1S/C17H18Cl2FN/c1-2-9-21-16(11-12-5-3-6-13(18)10-12)14-7-4-8-15(19)17(14)20/h3-8,10,16,21H,2,9,11H2,1H3. The Bertz CT molecular complexity index is 601. The van der Waals surface area contributed by atoms with Crippen molar-refractivity contribution in [2.45, 2.75) is 25.8 Å². The number of hydrogen-bond donors (Lipinski definition) is 1. The van der Waals surface area contributed by atoms with E-state index in [0.717, 1.165) is 18.5 Å². The summed E-state index contributed by atoms with van der Waals surface area (Å²) in [5, 5.41) is 4.22. The summed E-state index contributed by atoms with van der Waals surface area (Å²) in [7, 11) is 0. The maximum absolute atomic E-state index is 14.3. The van der Waals surface area contributed by atoms with Gasteiger partial charge in [-0.15, -0.1) is 0 Å². The molecular weight excluding hydrogens is 308 g/mol. The van der Waals surface area contributed by atoms with Crippen LogP contribution in [0.3, 0.4) is 0 Å². The van der Waals surface area contributed by atoms with Gasteiger partial charge < -0.3 is 5.32 Å². The van der Waals surface area contributed by atoms with Gasteiger partial charge in [0.05, 0.1) is 5.02 Å². The van der Waals surface area contributed by atoms with Crippen LogP contribution in [0.25, 0.3) is 0 Å². The maximum Gasteiger partial charge on any atom is 0.146 e. The molecule has 0 aliphatic rings. The fourth-order valence-corrected chi connectivity index (χ4v) is 2.69. The first-order chi connectivity index (χ1) is 10.1. The van der Waals surface area contributed by atoms with E-state index < -0.39 is 0 Å². The van der Waals surface area contributed by atoms with Crippen LogP contribution in [0.5, 0.6) is 0 Å². The molecule has 0 radical (unpaired) electrons. The summed E-state index contributed by atoms with van der Waals surface area (Å²) in [5.74, 6) is -0.352. The SMILES string of the molecule is CCCNC(Cc1cccc(Cl)c1)c1cccc(Cl)c1F. The van der Waals surface area contributed by atoms with Crippen LogP contribution in [0.2, 0.25) is 10.0 Å². The first kappa shape index (κ1) is 16.3. The zero-order valence-electron chi connectivity index (χ0n) is 11.9. The zero-order chi connectivity index (χ0) is 15.2. The molecule has 0 saturated heterocycles. The summed E-state index contributed by atoms with van der Waals surface area (Å²) in [6.45, 7) is 2.90. The summed E-state index contributed by atoms with van der Waals surface area (Å²) in [5.41, 5.74) is 1.66. The fourth-order valence-electron chi connectivity index (χ4n) is 2.30. The second-order valence-corrected chi connectivity index (χ2v) is 5.83. The van der Waals surface area contributed by atoms with Crippen molar-refractivity contribution in [3.63, 3.8) is 0 Å². The first-order valence-electron chi connectivity index (χ1n) is 7.03. The molecule has 1 nitrogen and oxygen atoms in total. The molecule has 0 saturated carbocycles. The summed E-state index contributed by atoms with van der Waals surface area (Å²) < 4.78 is 14.3. The molecule has 1 N–H and O–H groups in total. The smallest absolute Gasteiger partial charge is 0.146 e. The van der Waals surface area contributed by atoms with Gasteiger partial charge in [0.2, 0.25) is 0 Å². The van der Waals surface area contributed by atoms with E-state index in [0.29, 0.717) is 17.0 Å². The molecule has 21 heavy (non-hydrogen) atoms. The summed E-state index contributed by atoms with van der Waals surface area (Å²) in [6.07, 6.45) is 1.64. The van der Waals surface area contributed by atoms with Gasteiger partial charge in [-0.25, -0.2) is 4.39 Å². The van der Waals surface area contributed by atoms with Crippen molar-refractivity contribution in [1.82, 2.24) is 5.32 Å². The Hall–Kier alpha value is -1.09. The Balaban J connectivity index is 2.27. The minimum absolute atomic E-state index is 0.123. The lowest BCUT2D eigenvalue weighted by atomic mass is 9.98. The predicted octanol–water partition coefficient (Wildman–Crippen LogP) is 5.42. The van der Waals surface area contributed by atoms with Gasteiger partial charge in [-0.1, -0.05) is 54.4 Å². The third-order valence-corrected chi connectivity index (χ3v) is 3.85. The van der Waals surface area contributed by atoms with Gasteiger partial charge in [0, 0.05) is 16.6 Å². The molecule has 4 heteroatoms. The number of nitrogens with one attached hydrogen (secondary N) is 1. The average Bonchev–Trinajstić information content (AvgIpc) is 2.47. The molecule has 1 unspecified atom stereocenters. The minimum Gasteiger partial charge on any atom is -0.310 e. The molecular formula is C17H18Cl2FN. The molecule has 0 spiro atoms. The molecule has 0 heterocycles. The quantitative estimate of drug-likeness (QED) is 0.748. The summed E-state index contributed by atoms with van der Waals surface area (Å²) in [6, 6.07) is 12.6. The maximum atomic E-state index is 14.3. The zero-order valence-corrected chi connectivity index (χ0v) is 13.4. The second kappa shape index (κ2) is 7.79. The molecule has 112 valence electrons. The van der Waals surface area contributed by atoms with Crippen LogP contribution in [0.4, 0.5) is 4.39 Å². The molecule has 0 aliphatic carbocycles. The highest BCUT2D eigenvalue weighted by atomic mass is 35.5. The highest BCUT2D eigenvalue weighted by Crippen LogP contribution is 2.26. The molecule has 2 aromatic rings. The van der Waals surface area contributed by atoms with Gasteiger partial charge in [-0.3, -0.25) is 0 Å². The van der Waals surface area contributed by atoms with Crippen LogP contribution >= 0.6 is 23.2 Å². The minimum atomic E-state index is -0.352. The Morgan fingerprint density at radius 1 is 1.14 bits per heavy atom. The Kier molecular flexibility index (Phi) is 6.04. The lowest BCUT2D eigenvalue weighted by Crippen LogP contribution is -2.25. The topological polar surface area (TPSA) is 12.0 Å². The highest BCUT2D eigenvalue weighted by Gasteiger charge is 2.17. The third-order valence-electron chi connectivity index (χ3n) is 3.33. The van der Waals surface area contributed by atoms with E-state index in [1.807, 2.05) is 24.3 Å². The molecule has 0 amide bonds. The number of hydrogen-bond acceptors (Lipinski definition) is 1. The Morgan fingerprint density at radius 2 is 1.90 bits per heavy atom. The van der Waals surface area contributed by atoms with Crippen LogP contribution in [-0.2, 0) is 6.42 Å². The van der Waals surface area contributed by atoms with E-state index in [-0.39, 0.29) is 16.9 Å². The van der Waals surface area contributed by atoms with Crippen LogP contribution in [0, 0.1) is 5.82 Å². The van der Waals surface area contributed by atoms with Crippen molar-refractivity contribution in [3.05, 3.63) is 69.5 Å². The van der Waals surface area contributed by atoms with Crippen LogP contribution in [0.15, 0.2) is 42.5 Å². The normalized spacial score (nSPS) is 12.4. The van der Waals surface area contributed by atoms with Crippen molar-refractivity contribution >= 4 is 23.2 Å². The van der Waals surface area contributed by atoms with Gasteiger partial charge in [0.1, 0.15) is 5.82 Å². The van der Waals surface area contributed by atoms with E-state index in [2.05, 4.69) is 12.2 Å². The average molecular weight is 326 g/mol. The second-order valence-electron chi connectivity index (χ2n) is 4.98. The van der Waals surface area contributed by atoms with Gasteiger partial charge in [-0.2, -0.15) is 0 Å². The van der Waals surface area contributed by atoms with Gasteiger partial charge in [0.15, 0.2) is 0 Å². The largest absolute Gasteiger partial charge is 0.310 e. The lowest BCUT2D eigenvalue weighted by molar-refractivity contribution is 0.497. The number of benzene rings is 2. The van der Waals surface area contributed by atoms with E-state index in [1.54, 1.807) is 18.2 Å².